The van der Waals surface area contributed by atoms with Gasteiger partial charge in [0.05, 0.1) is 18.8 Å². The second kappa shape index (κ2) is 5.47. The van der Waals surface area contributed by atoms with Gasteiger partial charge >= 0.3 is 0 Å². The Balaban J connectivity index is 2.57. The quantitative estimate of drug-likeness (QED) is 0.743. The van der Waals surface area contributed by atoms with Gasteiger partial charge in [-0.1, -0.05) is 13.8 Å². The van der Waals surface area contributed by atoms with E-state index < -0.39 is 0 Å². The van der Waals surface area contributed by atoms with E-state index in [1.165, 1.54) is 0 Å². The Hall–Kier alpha value is -0.610. The lowest BCUT2D eigenvalue weighted by molar-refractivity contribution is -0.122. The van der Waals surface area contributed by atoms with Gasteiger partial charge in [-0.15, -0.1) is 0 Å². The summed E-state index contributed by atoms with van der Waals surface area (Å²) in [5.74, 6) is 0.413. The van der Waals surface area contributed by atoms with Crippen molar-refractivity contribution in [3.63, 3.8) is 0 Å². The molecule has 0 radical (unpaired) electrons. The zero-order valence-corrected chi connectivity index (χ0v) is 10.1. The predicted octanol–water partition coefficient (Wildman–Crippen LogP) is 0.478. The summed E-state index contributed by atoms with van der Waals surface area (Å²) in [7, 11) is 2.08. The molecule has 0 spiro atoms. The molecule has 1 fully saturated rings. The van der Waals surface area contributed by atoms with E-state index in [1.54, 1.807) is 6.92 Å². The Bertz CT molecular complexity index is 219. The minimum atomic E-state index is 0.0190. The van der Waals surface area contributed by atoms with E-state index in [0.29, 0.717) is 5.92 Å². The molecule has 0 aromatic rings. The Morgan fingerprint density at radius 2 is 2.20 bits per heavy atom. The van der Waals surface area contributed by atoms with Crippen LogP contribution in [0.25, 0.3) is 0 Å². The van der Waals surface area contributed by atoms with Crippen LogP contribution in [0.15, 0.2) is 0 Å². The van der Waals surface area contributed by atoms with Crippen molar-refractivity contribution in [3.05, 3.63) is 0 Å². The summed E-state index contributed by atoms with van der Waals surface area (Å²) in [5, 5.41) is 2.98. The van der Waals surface area contributed by atoms with Gasteiger partial charge < -0.3 is 15.0 Å². The highest BCUT2D eigenvalue weighted by atomic mass is 16.5. The predicted molar refractivity (Wildman–Crippen MR) is 59.7 cm³/mol. The van der Waals surface area contributed by atoms with Crippen LogP contribution in [0.1, 0.15) is 20.8 Å². The number of nitrogens with zero attached hydrogens (tertiary/aromatic N) is 1. The smallest absolute Gasteiger partial charge is 0.217 e. The van der Waals surface area contributed by atoms with E-state index in [2.05, 4.69) is 31.1 Å². The Morgan fingerprint density at radius 1 is 1.53 bits per heavy atom. The van der Waals surface area contributed by atoms with Crippen LogP contribution in [0.4, 0.5) is 0 Å². The number of rotatable bonds is 3. The maximum absolute atomic E-state index is 11.1. The molecule has 0 saturated carbocycles. The molecule has 0 bridgehead atoms. The average Bonchev–Trinajstić information content (AvgIpc) is 2.13. The van der Waals surface area contributed by atoms with Gasteiger partial charge in [-0.2, -0.15) is 0 Å². The van der Waals surface area contributed by atoms with E-state index in [1.807, 2.05) is 0 Å². The van der Waals surface area contributed by atoms with Gasteiger partial charge in [0.15, 0.2) is 0 Å². The fraction of sp³-hybridized carbons (Fsp3) is 0.909. The summed E-state index contributed by atoms with van der Waals surface area (Å²) in [5.41, 5.74) is 0. The number of morpholine rings is 1. The van der Waals surface area contributed by atoms with E-state index >= 15 is 0 Å². The van der Waals surface area contributed by atoms with Gasteiger partial charge in [-0.3, -0.25) is 4.79 Å². The lowest BCUT2D eigenvalue weighted by Crippen LogP contribution is -2.54. The molecule has 4 heteroatoms. The zero-order valence-electron chi connectivity index (χ0n) is 10.1. The molecule has 1 aliphatic rings. The standard InChI is InChI=1S/C11H22N2O2/c1-8(2)11(12-9(3)14)10-7-13(4)5-6-15-10/h8,10-11H,5-7H2,1-4H3,(H,12,14). The Labute approximate surface area is 92.0 Å². The number of hydrogen-bond donors (Lipinski definition) is 1. The van der Waals surface area contributed by atoms with Crippen LogP contribution in [-0.2, 0) is 9.53 Å². The third-order valence-corrected chi connectivity index (χ3v) is 2.79. The van der Waals surface area contributed by atoms with E-state index in [-0.39, 0.29) is 18.1 Å². The first kappa shape index (κ1) is 12.5. The number of carbonyl (C=O) groups excluding carboxylic acids is 1. The summed E-state index contributed by atoms with van der Waals surface area (Å²) in [4.78, 5) is 13.3. The van der Waals surface area contributed by atoms with Crippen molar-refractivity contribution in [1.82, 2.24) is 10.2 Å². The molecule has 1 aliphatic heterocycles. The first-order valence-corrected chi connectivity index (χ1v) is 5.58. The molecule has 4 nitrogen and oxygen atoms in total. The molecular formula is C11H22N2O2. The third-order valence-electron chi connectivity index (χ3n) is 2.79. The Kier molecular flexibility index (Phi) is 4.54. The molecule has 1 rings (SSSR count). The largest absolute Gasteiger partial charge is 0.373 e. The normalized spacial score (nSPS) is 25.3. The molecule has 1 amide bonds. The minimum absolute atomic E-state index is 0.0190. The van der Waals surface area contributed by atoms with Crippen LogP contribution >= 0.6 is 0 Å². The van der Waals surface area contributed by atoms with Crippen molar-refractivity contribution < 1.29 is 9.53 Å². The number of hydrogen-bond acceptors (Lipinski definition) is 3. The monoisotopic (exact) mass is 214 g/mol. The summed E-state index contributed by atoms with van der Waals surface area (Å²) in [6, 6.07) is 0.116. The highest BCUT2D eigenvalue weighted by molar-refractivity contribution is 5.73. The van der Waals surface area contributed by atoms with Crippen molar-refractivity contribution in [2.75, 3.05) is 26.7 Å². The van der Waals surface area contributed by atoms with Crippen molar-refractivity contribution in [3.8, 4) is 0 Å². The van der Waals surface area contributed by atoms with Crippen molar-refractivity contribution >= 4 is 5.91 Å². The summed E-state index contributed by atoms with van der Waals surface area (Å²) < 4.78 is 5.72. The molecule has 2 unspecified atom stereocenters. The van der Waals surface area contributed by atoms with E-state index in [4.69, 9.17) is 4.74 Å². The van der Waals surface area contributed by atoms with Gasteiger partial charge in [-0.05, 0) is 13.0 Å². The van der Waals surface area contributed by atoms with Crippen LogP contribution in [0.3, 0.4) is 0 Å². The SMILES string of the molecule is CC(=O)NC(C(C)C)C1CN(C)CCO1. The third kappa shape index (κ3) is 3.80. The molecule has 0 aliphatic carbocycles. The topological polar surface area (TPSA) is 41.6 Å². The van der Waals surface area contributed by atoms with E-state index in [0.717, 1.165) is 19.7 Å². The first-order chi connectivity index (χ1) is 7.00. The molecule has 15 heavy (non-hydrogen) atoms. The number of likely N-dealkylation sites (N-methyl/N-ethyl adjacent to an activating group) is 1. The lowest BCUT2D eigenvalue weighted by Gasteiger charge is -2.37. The van der Waals surface area contributed by atoms with Crippen LogP contribution in [0.2, 0.25) is 0 Å². The maximum atomic E-state index is 11.1. The lowest BCUT2D eigenvalue weighted by atomic mass is 9.97. The molecule has 88 valence electrons. The van der Waals surface area contributed by atoms with Crippen LogP contribution in [-0.4, -0.2) is 49.7 Å². The molecule has 1 N–H and O–H groups in total. The maximum Gasteiger partial charge on any atom is 0.217 e. The fourth-order valence-electron chi connectivity index (χ4n) is 1.95. The zero-order chi connectivity index (χ0) is 11.4. The fourth-order valence-corrected chi connectivity index (χ4v) is 1.95. The van der Waals surface area contributed by atoms with Crippen LogP contribution < -0.4 is 5.32 Å². The molecule has 1 saturated heterocycles. The average molecular weight is 214 g/mol. The van der Waals surface area contributed by atoms with Gasteiger partial charge in [0.1, 0.15) is 0 Å². The molecule has 0 aromatic heterocycles. The van der Waals surface area contributed by atoms with Crippen LogP contribution in [0.5, 0.6) is 0 Å². The second-order valence-corrected chi connectivity index (χ2v) is 4.64. The van der Waals surface area contributed by atoms with Crippen molar-refractivity contribution in [1.29, 1.82) is 0 Å². The highest BCUT2D eigenvalue weighted by Crippen LogP contribution is 2.14. The highest BCUT2D eigenvalue weighted by Gasteiger charge is 2.29. The van der Waals surface area contributed by atoms with Gasteiger partial charge in [-0.25, -0.2) is 0 Å². The minimum Gasteiger partial charge on any atom is -0.373 e. The van der Waals surface area contributed by atoms with Gasteiger partial charge in [0, 0.05) is 20.0 Å². The summed E-state index contributed by atoms with van der Waals surface area (Å²) >= 11 is 0. The van der Waals surface area contributed by atoms with Crippen molar-refractivity contribution in [2.24, 2.45) is 5.92 Å². The van der Waals surface area contributed by atoms with Gasteiger partial charge in [0.2, 0.25) is 5.91 Å². The molecular weight excluding hydrogens is 192 g/mol. The van der Waals surface area contributed by atoms with Gasteiger partial charge in [0.25, 0.3) is 0 Å². The Morgan fingerprint density at radius 3 is 2.67 bits per heavy atom. The second-order valence-electron chi connectivity index (χ2n) is 4.64. The molecule has 0 aromatic carbocycles. The number of amides is 1. The van der Waals surface area contributed by atoms with Crippen LogP contribution in [0, 0.1) is 5.92 Å². The first-order valence-electron chi connectivity index (χ1n) is 5.58. The number of nitrogens with one attached hydrogen (secondary N) is 1. The summed E-state index contributed by atoms with van der Waals surface area (Å²) in [6.07, 6.45) is 0.118. The molecule has 1 heterocycles. The van der Waals surface area contributed by atoms with Crippen molar-refractivity contribution in [2.45, 2.75) is 32.9 Å². The number of carbonyl (C=O) groups is 1. The van der Waals surface area contributed by atoms with E-state index in [9.17, 15) is 4.79 Å². The number of ether oxygens (including phenoxy) is 1. The molecule has 2 atom stereocenters. The summed E-state index contributed by atoms with van der Waals surface area (Å²) in [6.45, 7) is 8.40.